The number of hydrogen-bond donors (Lipinski definition) is 2. The Kier molecular flexibility index (Phi) is 5.20. The van der Waals surface area contributed by atoms with E-state index in [0.717, 1.165) is 25.3 Å². The summed E-state index contributed by atoms with van der Waals surface area (Å²) in [7, 11) is 0. The van der Waals surface area contributed by atoms with Crippen molar-refractivity contribution in [3.8, 4) is 5.75 Å². The second kappa shape index (κ2) is 6.90. The quantitative estimate of drug-likeness (QED) is 0.875. The van der Waals surface area contributed by atoms with E-state index in [1.165, 1.54) is 12.1 Å². The van der Waals surface area contributed by atoms with Gasteiger partial charge >= 0.3 is 0 Å². The van der Waals surface area contributed by atoms with Gasteiger partial charge in [-0.25, -0.2) is 4.39 Å². The van der Waals surface area contributed by atoms with Crippen LogP contribution >= 0.6 is 11.6 Å². The Balaban J connectivity index is 1.70. The summed E-state index contributed by atoms with van der Waals surface area (Å²) in [5.41, 5.74) is 5.81. The minimum absolute atomic E-state index is 0.0272. The number of carbonyl (C=O) groups is 1. The van der Waals surface area contributed by atoms with Gasteiger partial charge in [-0.1, -0.05) is 11.6 Å². The lowest BCUT2D eigenvalue weighted by Crippen LogP contribution is -2.33. The first-order valence-corrected chi connectivity index (χ1v) is 7.02. The Hall–Kier alpha value is -1.33. The average Bonchev–Trinajstić information content (AvgIpc) is 2.83. The van der Waals surface area contributed by atoms with Crippen LogP contribution in [0, 0.1) is 11.7 Å². The van der Waals surface area contributed by atoms with E-state index in [9.17, 15) is 9.18 Å². The van der Waals surface area contributed by atoms with Gasteiger partial charge in [0.25, 0.3) is 5.91 Å². The van der Waals surface area contributed by atoms with Crippen LogP contribution in [0.5, 0.6) is 5.75 Å². The molecule has 1 fully saturated rings. The van der Waals surface area contributed by atoms with Gasteiger partial charge in [-0.3, -0.25) is 4.79 Å². The predicted octanol–water partition coefficient (Wildman–Crippen LogP) is 2.10. The highest BCUT2D eigenvalue weighted by Gasteiger charge is 2.21. The third-order valence-electron chi connectivity index (χ3n) is 3.43. The molecular formula is C14H18ClFN2O2. The molecule has 0 radical (unpaired) electrons. The van der Waals surface area contributed by atoms with Crippen LogP contribution in [0.2, 0.25) is 5.02 Å². The van der Waals surface area contributed by atoms with Crippen molar-refractivity contribution in [3.05, 3.63) is 29.0 Å². The molecule has 110 valence electrons. The van der Waals surface area contributed by atoms with Crippen LogP contribution in [0.25, 0.3) is 0 Å². The number of nitrogens with one attached hydrogen (secondary N) is 1. The minimum Gasteiger partial charge on any atom is -0.484 e. The second-order valence-corrected chi connectivity index (χ2v) is 5.52. The van der Waals surface area contributed by atoms with Crippen molar-refractivity contribution >= 4 is 17.5 Å². The largest absolute Gasteiger partial charge is 0.484 e. The first-order valence-electron chi connectivity index (χ1n) is 6.64. The molecule has 1 saturated carbocycles. The van der Waals surface area contributed by atoms with E-state index < -0.39 is 5.82 Å². The van der Waals surface area contributed by atoms with Crippen LogP contribution < -0.4 is 15.8 Å². The number of halogens is 2. The van der Waals surface area contributed by atoms with Gasteiger partial charge in [0.1, 0.15) is 11.6 Å². The van der Waals surface area contributed by atoms with Gasteiger partial charge in [-0.15, -0.1) is 0 Å². The maximum atomic E-state index is 13.2. The van der Waals surface area contributed by atoms with Gasteiger partial charge in [-0.05, 0) is 37.3 Å². The fraction of sp³-hybridized carbons (Fsp3) is 0.500. The maximum absolute atomic E-state index is 13.2. The number of hydrogen-bond acceptors (Lipinski definition) is 3. The Labute approximate surface area is 122 Å². The standard InChI is InChI=1S/C14H18ClFN2O2/c15-12-4-3-11(6-13(12)16)20-8-14(19)18-7-9-1-2-10(17)5-9/h3-4,6,9-10H,1-2,5,7-8,17H2,(H,18,19). The molecule has 3 N–H and O–H groups in total. The van der Waals surface area contributed by atoms with Crippen molar-refractivity contribution in [1.82, 2.24) is 5.32 Å². The molecule has 2 rings (SSSR count). The van der Waals surface area contributed by atoms with Crippen molar-refractivity contribution in [2.75, 3.05) is 13.2 Å². The van der Waals surface area contributed by atoms with E-state index in [-0.39, 0.29) is 29.3 Å². The fourth-order valence-corrected chi connectivity index (χ4v) is 2.44. The molecular weight excluding hydrogens is 283 g/mol. The molecule has 4 nitrogen and oxygen atoms in total. The SMILES string of the molecule is NC1CCC(CNC(=O)COc2ccc(Cl)c(F)c2)C1. The lowest BCUT2D eigenvalue weighted by molar-refractivity contribution is -0.123. The molecule has 1 amide bonds. The monoisotopic (exact) mass is 300 g/mol. The van der Waals surface area contributed by atoms with Gasteiger partial charge < -0.3 is 15.8 Å². The van der Waals surface area contributed by atoms with Crippen LogP contribution in [-0.2, 0) is 4.79 Å². The number of benzene rings is 1. The molecule has 20 heavy (non-hydrogen) atoms. The van der Waals surface area contributed by atoms with E-state index in [4.69, 9.17) is 22.1 Å². The van der Waals surface area contributed by atoms with Crippen LogP contribution in [0.1, 0.15) is 19.3 Å². The molecule has 0 aromatic heterocycles. The molecule has 0 bridgehead atoms. The number of rotatable bonds is 5. The first-order chi connectivity index (χ1) is 9.54. The molecule has 0 saturated heterocycles. The van der Waals surface area contributed by atoms with Gasteiger partial charge in [0.05, 0.1) is 5.02 Å². The summed E-state index contributed by atoms with van der Waals surface area (Å²) in [6.45, 7) is 0.477. The van der Waals surface area contributed by atoms with Crippen molar-refractivity contribution < 1.29 is 13.9 Å². The molecule has 6 heteroatoms. The van der Waals surface area contributed by atoms with E-state index in [2.05, 4.69) is 5.32 Å². The summed E-state index contributed by atoms with van der Waals surface area (Å²) in [4.78, 5) is 11.6. The van der Waals surface area contributed by atoms with Gasteiger partial charge in [0, 0.05) is 18.7 Å². The molecule has 2 atom stereocenters. The van der Waals surface area contributed by atoms with Gasteiger partial charge in [0.2, 0.25) is 0 Å². The molecule has 1 aliphatic rings. The van der Waals surface area contributed by atoms with Crippen molar-refractivity contribution in [2.24, 2.45) is 11.7 Å². The Morgan fingerprint density at radius 3 is 2.95 bits per heavy atom. The zero-order chi connectivity index (χ0) is 14.5. The lowest BCUT2D eigenvalue weighted by atomic mass is 10.1. The Bertz CT molecular complexity index is 484. The van der Waals surface area contributed by atoms with E-state index >= 15 is 0 Å². The highest BCUT2D eigenvalue weighted by atomic mass is 35.5. The normalized spacial score (nSPS) is 21.8. The summed E-state index contributed by atoms with van der Waals surface area (Å²) in [5, 5.41) is 2.83. The molecule has 1 aromatic rings. The van der Waals surface area contributed by atoms with Crippen LogP contribution in [0.3, 0.4) is 0 Å². The molecule has 0 aliphatic heterocycles. The zero-order valence-electron chi connectivity index (χ0n) is 11.1. The van der Waals surface area contributed by atoms with Crippen molar-refractivity contribution in [1.29, 1.82) is 0 Å². The van der Waals surface area contributed by atoms with Gasteiger partial charge in [0.15, 0.2) is 6.61 Å². The number of amides is 1. The topological polar surface area (TPSA) is 64.3 Å². The Morgan fingerprint density at radius 2 is 2.30 bits per heavy atom. The highest BCUT2D eigenvalue weighted by molar-refractivity contribution is 6.30. The fourth-order valence-electron chi connectivity index (χ4n) is 2.32. The molecule has 2 unspecified atom stereocenters. The Morgan fingerprint density at radius 1 is 1.50 bits per heavy atom. The average molecular weight is 301 g/mol. The molecule has 1 aromatic carbocycles. The van der Waals surface area contributed by atoms with Crippen LogP contribution in [0.4, 0.5) is 4.39 Å². The van der Waals surface area contributed by atoms with E-state index in [0.29, 0.717) is 12.5 Å². The summed E-state index contributed by atoms with van der Waals surface area (Å²) in [6, 6.07) is 4.33. The van der Waals surface area contributed by atoms with Crippen molar-refractivity contribution in [3.63, 3.8) is 0 Å². The molecule has 0 spiro atoms. The van der Waals surface area contributed by atoms with Gasteiger partial charge in [-0.2, -0.15) is 0 Å². The maximum Gasteiger partial charge on any atom is 0.257 e. The van der Waals surface area contributed by atoms with E-state index in [1.54, 1.807) is 0 Å². The summed E-state index contributed by atoms with van der Waals surface area (Å²) in [5.74, 6) is -0.0581. The third kappa shape index (κ3) is 4.35. The van der Waals surface area contributed by atoms with Crippen LogP contribution in [0.15, 0.2) is 18.2 Å². The third-order valence-corrected chi connectivity index (χ3v) is 3.74. The van der Waals surface area contributed by atoms with Crippen LogP contribution in [-0.4, -0.2) is 25.1 Å². The summed E-state index contributed by atoms with van der Waals surface area (Å²) in [6.07, 6.45) is 3.01. The van der Waals surface area contributed by atoms with E-state index in [1.807, 2.05) is 0 Å². The summed E-state index contributed by atoms with van der Waals surface area (Å²) < 4.78 is 18.4. The first kappa shape index (κ1) is 15.1. The number of carbonyl (C=O) groups excluding carboxylic acids is 1. The second-order valence-electron chi connectivity index (χ2n) is 5.11. The lowest BCUT2D eigenvalue weighted by Gasteiger charge is -2.11. The summed E-state index contributed by atoms with van der Waals surface area (Å²) >= 11 is 5.56. The minimum atomic E-state index is -0.565. The molecule has 1 aliphatic carbocycles. The zero-order valence-corrected chi connectivity index (χ0v) is 11.8. The number of nitrogens with two attached hydrogens (primary N) is 1. The number of ether oxygens (including phenoxy) is 1. The molecule has 0 heterocycles. The predicted molar refractivity (Wildman–Crippen MR) is 75.2 cm³/mol. The smallest absolute Gasteiger partial charge is 0.257 e. The van der Waals surface area contributed by atoms with Crippen molar-refractivity contribution in [2.45, 2.75) is 25.3 Å². The highest BCUT2D eigenvalue weighted by Crippen LogP contribution is 2.23.